The fourth-order valence-corrected chi connectivity index (χ4v) is 1.99. The molecule has 0 N–H and O–H groups in total. The summed E-state index contributed by atoms with van der Waals surface area (Å²) >= 11 is 0. The average Bonchev–Trinajstić information content (AvgIpc) is 2.39. The van der Waals surface area contributed by atoms with Crippen LogP contribution in [0, 0.1) is 0 Å². The number of ether oxygens (including phenoxy) is 1. The molecule has 1 atom stereocenters. The molecule has 1 fully saturated rings. The lowest BCUT2D eigenvalue weighted by atomic mass is 10.2. The third-order valence-electron chi connectivity index (χ3n) is 2.89. The van der Waals surface area contributed by atoms with E-state index >= 15 is 0 Å². The van der Waals surface area contributed by atoms with Crippen LogP contribution in [0.25, 0.3) is 0 Å². The monoisotopic (exact) mass is 249 g/mol. The van der Waals surface area contributed by atoms with Gasteiger partial charge in [0.25, 0.3) is 0 Å². The minimum Gasteiger partial charge on any atom is -0.368 e. The van der Waals surface area contributed by atoms with Crippen molar-refractivity contribution in [2.45, 2.75) is 6.10 Å². The second kappa shape index (κ2) is 5.93. The Kier molecular flexibility index (Phi) is 4.28. The molecule has 0 radical (unpaired) electrons. The molecule has 1 aliphatic heterocycles. The summed E-state index contributed by atoms with van der Waals surface area (Å²) < 4.78 is 5.68. The van der Waals surface area contributed by atoms with Crippen molar-refractivity contribution in [3.63, 3.8) is 0 Å². The quantitative estimate of drug-likeness (QED) is 0.784. The molecule has 1 unspecified atom stereocenters. The van der Waals surface area contributed by atoms with Crippen LogP contribution >= 0.6 is 0 Å². The number of likely N-dealkylation sites (N-methyl/N-ethyl adjacent to an activating group) is 1. The number of rotatable bonds is 3. The van der Waals surface area contributed by atoms with Gasteiger partial charge >= 0.3 is 0 Å². The molecule has 98 valence electrons. The average molecular weight is 249 g/mol. The highest BCUT2D eigenvalue weighted by Crippen LogP contribution is 2.20. The maximum atomic E-state index is 12.0. The summed E-state index contributed by atoms with van der Waals surface area (Å²) in [6.07, 6.45) is 1.64. The predicted octanol–water partition coefficient (Wildman–Crippen LogP) is 0.543. The second-order valence-electron chi connectivity index (χ2n) is 4.69. The van der Waals surface area contributed by atoms with Crippen LogP contribution in [-0.4, -0.2) is 61.0 Å². The predicted molar refractivity (Wildman–Crippen MR) is 68.1 cm³/mol. The largest absolute Gasteiger partial charge is 0.368 e. The highest BCUT2D eigenvalue weighted by atomic mass is 16.5. The van der Waals surface area contributed by atoms with Gasteiger partial charge in [-0.05, 0) is 26.2 Å². The van der Waals surface area contributed by atoms with E-state index < -0.39 is 0 Å². The van der Waals surface area contributed by atoms with Crippen molar-refractivity contribution >= 4 is 5.91 Å². The lowest BCUT2D eigenvalue weighted by Gasteiger charge is -2.33. The summed E-state index contributed by atoms with van der Waals surface area (Å²) in [4.78, 5) is 20.0. The first-order chi connectivity index (χ1) is 8.66. The summed E-state index contributed by atoms with van der Waals surface area (Å²) in [5.41, 5.74) is 0.889. The molecule has 2 rings (SSSR count). The van der Waals surface area contributed by atoms with Crippen molar-refractivity contribution in [1.82, 2.24) is 14.8 Å². The fourth-order valence-electron chi connectivity index (χ4n) is 1.99. The molecule has 18 heavy (non-hydrogen) atoms. The zero-order valence-corrected chi connectivity index (χ0v) is 10.9. The van der Waals surface area contributed by atoms with Crippen molar-refractivity contribution in [3.8, 4) is 0 Å². The number of pyridine rings is 1. The Balaban J connectivity index is 1.98. The van der Waals surface area contributed by atoms with Crippen molar-refractivity contribution in [2.75, 3.05) is 40.3 Å². The summed E-state index contributed by atoms with van der Waals surface area (Å²) in [6.45, 7) is 2.26. The van der Waals surface area contributed by atoms with E-state index in [1.54, 1.807) is 6.20 Å². The van der Waals surface area contributed by atoms with Gasteiger partial charge in [-0.3, -0.25) is 9.78 Å². The topological polar surface area (TPSA) is 45.7 Å². The van der Waals surface area contributed by atoms with Crippen LogP contribution < -0.4 is 0 Å². The number of morpholine rings is 1. The van der Waals surface area contributed by atoms with Gasteiger partial charge in [0.15, 0.2) is 0 Å². The molecule has 0 aromatic carbocycles. The van der Waals surface area contributed by atoms with Crippen LogP contribution in [0.15, 0.2) is 24.4 Å². The molecule has 0 bridgehead atoms. The molecular weight excluding hydrogens is 230 g/mol. The van der Waals surface area contributed by atoms with Crippen molar-refractivity contribution in [2.24, 2.45) is 0 Å². The van der Waals surface area contributed by atoms with E-state index in [0.29, 0.717) is 26.2 Å². The Morgan fingerprint density at radius 3 is 3.06 bits per heavy atom. The Labute approximate surface area is 107 Å². The molecule has 1 aromatic heterocycles. The highest BCUT2D eigenvalue weighted by Gasteiger charge is 2.25. The lowest BCUT2D eigenvalue weighted by molar-refractivity contribution is -0.139. The number of amides is 1. The molecule has 1 aromatic rings. The van der Waals surface area contributed by atoms with Gasteiger partial charge in [-0.25, -0.2) is 0 Å². The van der Waals surface area contributed by atoms with Gasteiger partial charge in [0.2, 0.25) is 5.91 Å². The van der Waals surface area contributed by atoms with E-state index in [2.05, 4.69) is 4.98 Å². The maximum Gasteiger partial charge on any atom is 0.236 e. The van der Waals surface area contributed by atoms with Gasteiger partial charge in [-0.2, -0.15) is 0 Å². The lowest BCUT2D eigenvalue weighted by Crippen LogP contribution is -2.45. The molecule has 0 spiro atoms. The Hall–Kier alpha value is -1.46. The molecule has 2 heterocycles. The van der Waals surface area contributed by atoms with Crippen LogP contribution in [0.1, 0.15) is 11.8 Å². The van der Waals surface area contributed by atoms with Gasteiger partial charge in [-0.1, -0.05) is 6.07 Å². The smallest absolute Gasteiger partial charge is 0.236 e. The van der Waals surface area contributed by atoms with E-state index in [0.717, 1.165) is 5.69 Å². The minimum absolute atomic E-state index is 0.105. The van der Waals surface area contributed by atoms with Crippen molar-refractivity contribution in [3.05, 3.63) is 30.1 Å². The Bertz CT molecular complexity index is 394. The van der Waals surface area contributed by atoms with E-state index in [-0.39, 0.29) is 12.0 Å². The molecule has 1 aliphatic rings. The standard InChI is InChI=1S/C13H19N3O2/c1-15(2)10-13(17)16-7-8-18-12(9-16)11-5-3-4-6-14-11/h3-6,12H,7-10H2,1-2H3. The highest BCUT2D eigenvalue weighted by molar-refractivity contribution is 5.78. The maximum absolute atomic E-state index is 12.0. The molecule has 1 amide bonds. The third kappa shape index (κ3) is 3.27. The zero-order chi connectivity index (χ0) is 13.0. The van der Waals surface area contributed by atoms with E-state index in [4.69, 9.17) is 4.74 Å². The molecule has 0 saturated carbocycles. The number of hydrogen-bond acceptors (Lipinski definition) is 4. The Morgan fingerprint density at radius 2 is 2.39 bits per heavy atom. The normalized spacial score (nSPS) is 20.2. The zero-order valence-electron chi connectivity index (χ0n) is 10.9. The van der Waals surface area contributed by atoms with Gasteiger partial charge in [0.1, 0.15) is 6.10 Å². The third-order valence-corrected chi connectivity index (χ3v) is 2.89. The SMILES string of the molecule is CN(C)CC(=O)N1CCOC(c2ccccn2)C1. The van der Waals surface area contributed by atoms with E-state index in [1.165, 1.54) is 0 Å². The second-order valence-corrected chi connectivity index (χ2v) is 4.69. The molecule has 1 saturated heterocycles. The van der Waals surface area contributed by atoms with Crippen LogP contribution in [0.2, 0.25) is 0 Å². The van der Waals surface area contributed by atoms with Crippen LogP contribution in [0.5, 0.6) is 0 Å². The van der Waals surface area contributed by atoms with E-state index in [9.17, 15) is 4.79 Å². The fraction of sp³-hybridized carbons (Fsp3) is 0.538. The van der Waals surface area contributed by atoms with Gasteiger partial charge in [0.05, 0.1) is 25.4 Å². The van der Waals surface area contributed by atoms with Gasteiger partial charge < -0.3 is 14.5 Å². The first-order valence-corrected chi connectivity index (χ1v) is 6.12. The Morgan fingerprint density at radius 1 is 1.56 bits per heavy atom. The number of carbonyl (C=O) groups excluding carboxylic acids is 1. The molecular formula is C13H19N3O2. The van der Waals surface area contributed by atoms with E-state index in [1.807, 2.05) is 42.1 Å². The van der Waals surface area contributed by atoms with Gasteiger partial charge in [0, 0.05) is 12.7 Å². The summed E-state index contributed by atoms with van der Waals surface area (Å²) in [6, 6.07) is 5.75. The number of nitrogens with zero attached hydrogens (tertiary/aromatic N) is 3. The number of carbonyl (C=O) groups is 1. The minimum atomic E-state index is -0.105. The van der Waals surface area contributed by atoms with Gasteiger partial charge in [-0.15, -0.1) is 0 Å². The first kappa shape index (κ1) is 13.0. The number of hydrogen-bond donors (Lipinski definition) is 0. The summed E-state index contributed by atoms with van der Waals surface area (Å²) in [5, 5.41) is 0. The first-order valence-electron chi connectivity index (χ1n) is 6.12. The summed E-state index contributed by atoms with van der Waals surface area (Å²) in [7, 11) is 3.79. The van der Waals surface area contributed by atoms with Crippen molar-refractivity contribution in [1.29, 1.82) is 0 Å². The van der Waals surface area contributed by atoms with Crippen LogP contribution in [0.4, 0.5) is 0 Å². The molecule has 5 heteroatoms. The number of aromatic nitrogens is 1. The summed E-state index contributed by atoms with van der Waals surface area (Å²) in [5.74, 6) is 0.143. The van der Waals surface area contributed by atoms with Crippen LogP contribution in [-0.2, 0) is 9.53 Å². The molecule has 0 aliphatic carbocycles. The van der Waals surface area contributed by atoms with Crippen LogP contribution in [0.3, 0.4) is 0 Å². The van der Waals surface area contributed by atoms with Crippen molar-refractivity contribution < 1.29 is 9.53 Å². The molecule has 5 nitrogen and oxygen atoms in total.